The highest BCUT2D eigenvalue weighted by molar-refractivity contribution is 5.61. The quantitative estimate of drug-likeness (QED) is 0.523. The van der Waals surface area contributed by atoms with Gasteiger partial charge in [0, 0.05) is 30.6 Å². The van der Waals surface area contributed by atoms with Gasteiger partial charge in [-0.15, -0.1) is 0 Å². The van der Waals surface area contributed by atoms with E-state index in [0.29, 0.717) is 0 Å². The standard InChI is InChI=1S/C20H16N2O2/c1-22-11-10-21-20(22)16-6-3-8-18(14-16)24-17-7-2-5-15(13-17)19-9-4-12-23-19/h2-14H,1H3. The number of nitrogens with zero attached hydrogens (tertiary/aromatic N) is 2. The van der Waals surface area contributed by atoms with Crippen LogP contribution >= 0.6 is 0 Å². The Morgan fingerprint density at radius 2 is 1.67 bits per heavy atom. The van der Waals surface area contributed by atoms with E-state index in [1.165, 1.54) is 0 Å². The Hall–Kier alpha value is -3.27. The summed E-state index contributed by atoms with van der Waals surface area (Å²) in [5.41, 5.74) is 2.00. The summed E-state index contributed by atoms with van der Waals surface area (Å²) in [5, 5.41) is 0. The minimum Gasteiger partial charge on any atom is -0.464 e. The molecule has 4 nitrogen and oxygen atoms in total. The second-order valence-electron chi connectivity index (χ2n) is 5.50. The van der Waals surface area contributed by atoms with E-state index in [1.807, 2.05) is 78.5 Å². The zero-order valence-corrected chi connectivity index (χ0v) is 13.2. The lowest BCUT2D eigenvalue weighted by atomic mass is 10.1. The third-order valence-corrected chi connectivity index (χ3v) is 3.79. The minimum absolute atomic E-state index is 0.765. The number of furan rings is 1. The van der Waals surface area contributed by atoms with Gasteiger partial charge in [0.05, 0.1) is 6.26 Å². The molecule has 118 valence electrons. The van der Waals surface area contributed by atoms with Gasteiger partial charge in [-0.3, -0.25) is 0 Å². The SMILES string of the molecule is Cn1ccnc1-c1cccc(Oc2cccc(-c3ccco3)c2)c1. The Bertz CT molecular complexity index is 955. The minimum atomic E-state index is 0.765. The Kier molecular flexibility index (Phi) is 3.63. The monoisotopic (exact) mass is 316 g/mol. The highest BCUT2D eigenvalue weighted by atomic mass is 16.5. The Balaban J connectivity index is 1.62. The average Bonchev–Trinajstić information content (AvgIpc) is 3.27. The number of aryl methyl sites for hydroxylation is 1. The van der Waals surface area contributed by atoms with Gasteiger partial charge in [-0.1, -0.05) is 24.3 Å². The van der Waals surface area contributed by atoms with Crippen LogP contribution in [0.2, 0.25) is 0 Å². The van der Waals surface area contributed by atoms with Crippen LogP contribution in [0.5, 0.6) is 11.5 Å². The molecule has 24 heavy (non-hydrogen) atoms. The molecule has 0 spiro atoms. The first-order chi connectivity index (χ1) is 11.8. The third-order valence-electron chi connectivity index (χ3n) is 3.79. The van der Waals surface area contributed by atoms with E-state index in [4.69, 9.17) is 9.15 Å². The summed E-state index contributed by atoms with van der Waals surface area (Å²) in [4.78, 5) is 4.38. The van der Waals surface area contributed by atoms with Crippen molar-refractivity contribution in [2.24, 2.45) is 7.05 Å². The van der Waals surface area contributed by atoms with E-state index in [9.17, 15) is 0 Å². The first kappa shape index (κ1) is 14.3. The third kappa shape index (κ3) is 2.82. The zero-order chi connectivity index (χ0) is 16.4. The van der Waals surface area contributed by atoms with E-state index >= 15 is 0 Å². The predicted octanol–water partition coefficient (Wildman–Crippen LogP) is 5.14. The van der Waals surface area contributed by atoms with Gasteiger partial charge in [-0.2, -0.15) is 0 Å². The molecule has 0 N–H and O–H groups in total. The zero-order valence-electron chi connectivity index (χ0n) is 13.2. The van der Waals surface area contributed by atoms with Crippen molar-refractivity contribution in [2.75, 3.05) is 0 Å². The van der Waals surface area contributed by atoms with Crippen molar-refractivity contribution >= 4 is 0 Å². The molecule has 0 unspecified atom stereocenters. The Morgan fingerprint density at radius 3 is 2.33 bits per heavy atom. The molecular weight excluding hydrogens is 300 g/mol. The lowest BCUT2D eigenvalue weighted by Gasteiger charge is -2.09. The molecule has 2 aromatic carbocycles. The molecule has 0 saturated heterocycles. The molecule has 0 bridgehead atoms. The molecule has 0 saturated carbocycles. The number of rotatable bonds is 4. The van der Waals surface area contributed by atoms with E-state index in [1.54, 1.807) is 12.5 Å². The lowest BCUT2D eigenvalue weighted by Crippen LogP contribution is -1.92. The van der Waals surface area contributed by atoms with E-state index in [2.05, 4.69) is 4.98 Å². The van der Waals surface area contributed by atoms with Crippen LogP contribution in [-0.2, 0) is 7.05 Å². The van der Waals surface area contributed by atoms with Gasteiger partial charge < -0.3 is 13.7 Å². The highest BCUT2D eigenvalue weighted by Crippen LogP contribution is 2.29. The number of hydrogen-bond acceptors (Lipinski definition) is 3. The van der Waals surface area contributed by atoms with Crippen molar-refractivity contribution in [3.8, 4) is 34.2 Å². The maximum atomic E-state index is 6.02. The van der Waals surface area contributed by atoms with E-state index < -0.39 is 0 Å². The summed E-state index contributed by atoms with van der Waals surface area (Å²) in [6, 6.07) is 19.6. The predicted molar refractivity (Wildman–Crippen MR) is 92.9 cm³/mol. The van der Waals surface area contributed by atoms with Crippen LogP contribution in [0.15, 0.2) is 83.7 Å². The van der Waals surface area contributed by atoms with Crippen LogP contribution in [0, 0.1) is 0 Å². The fraction of sp³-hybridized carbons (Fsp3) is 0.0500. The fourth-order valence-electron chi connectivity index (χ4n) is 2.63. The number of hydrogen-bond donors (Lipinski definition) is 0. The smallest absolute Gasteiger partial charge is 0.139 e. The molecule has 0 amide bonds. The second kappa shape index (κ2) is 6.08. The average molecular weight is 316 g/mol. The van der Waals surface area contributed by atoms with Crippen molar-refractivity contribution in [3.63, 3.8) is 0 Å². The molecule has 0 atom stereocenters. The number of ether oxygens (including phenoxy) is 1. The summed E-state index contributed by atoms with van der Waals surface area (Å²) >= 11 is 0. The number of imidazole rings is 1. The van der Waals surface area contributed by atoms with Crippen LogP contribution in [0.1, 0.15) is 0 Å². The van der Waals surface area contributed by atoms with Crippen molar-refractivity contribution < 1.29 is 9.15 Å². The fourth-order valence-corrected chi connectivity index (χ4v) is 2.63. The van der Waals surface area contributed by atoms with Gasteiger partial charge in [-0.05, 0) is 36.4 Å². The molecule has 0 fully saturated rings. The topological polar surface area (TPSA) is 40.2 Å². The first-order valence-electron chi connectivity index (χ1n) is 7.69. The van der Waals surface area contributed by atoms with E-state index in [0.717, 1.165) is 34.2 Å². The van der Waals surface area contributed by atoms with Crippen molar-refractivity contribution in [2.45, 2.75) is 0 Å². The number of benzene rings is 2. The summed E-state index contributed by atoms with van der Waals surface area (Å²) in [6.45, 7) is 0. The molecular formula is C20H16N2O2. The first-order valence-corrected chi connectivity index (χ1v) is 7.69. The van der Waals surface area contributed by atoms with Crippen LogP contribution in [0.4, 0.5) is 0 Å². The van der Waals surface area contributed by atoms with Gasteiger partial charge in [0.1, 0.15) is 23.1 Å². The van der Waals surface area contributed by atoms with Crippen LogP contribution in [0.25, 0.3) is 22.7 Å². The molecule has 0 aliphatic heterocycles. The van der Waals surface area contributed by atoms with Gasteiger partial charge in [0.25, 0.3) is 0 Å². The maximum Gasteiger partial charge on any atom is 0.139 e. The van der Waals surface area contributed by atoms with Gasteiger partial charge in [0.15, 0.2) is 0 Å². The normalized spacial score (nSPS) is 10.7. The Morgan fingerprint density at radius 1 is 0.917 bits per heavy atom. The highest BCUT2D eigenvalue weighted by Gasteiger charge is 2.07. The van der Waals surface area contributed by atoms with Gasteiger partial charge in [0.2, 0.25) is 0 Å². The lowest BCUT2D eigenvalue weighted by molar-refractivity contribution is 0.482. The van der Waals surface area contributed by atoms with E-state index in [-0.39, 0.29) is 0 Å². The van der Waals surface area contributed by atoms with Crippen molar-refractivity contribution in [1.29, 1.82) is 0 Å². The molecule has 2 heterocycles. The molecule has 4 aromatic rings. The Labute approximate surface area is 140 Å². The molecule has 2 aromatic heterocycles. The van der Waals surface area contributed by atoms with Gasteiger partial charge in [-0.25, -0.2) is 4.98 Å². The van der Waals surface area contributed by atoms with Gasteiger partial charge >= 0.3 is 0 Å². The summed E-state index contributed by atoms with van der Waals surface area (Å²) in [5.74, 6) is 3.26. The molecule has 0 radical (unpaired) electrons. The molecule has 4 rings (SSSR count). The number of aromatic nitrogens is 2. The van der Waals surface area contributed by atoms with Crippen molar-refractivity contribution in [1.82, 2.24) is 9.55 Å². The molecule has 0 aliphatic carbocycles. The van der Waals surface area contributed by atoms with Crippen molar-refractivity contribution in [3.05, 3.63) is 79.3 Å². The van der Waals surface area contributed by atoms with Crippen LogP contribution < -0.4 is 4.74 Å². The second-order valence-corrected chi connectivity index (χ2v) is 5.50. The van der Waals surface area contributed by atoms with Crippen LogP contribution in [0.3, 0.4) is 0 Å². The maximum absolute atomic E-state index is 6.02. The van der Waals surface area contributed by atoms with Crippen LogP contribution in [-0.4, -0.2) is 9.55 Å². The summed E-state index contributed by atoms with van der Waals surface area (Å²) < 4.78 is 13.4. The molecule has 0 aliphatic rings. The summed E-state index contributed by atoms with van der Waals surface area (Å²) in [6.07, 6.45) is 5.38. The summed E-state index contributed by atoms with van der Waals surface area (Å²) in [7, 11) is 1.97. The molecule has 4 heteroatoms. The largest absolute Gasteiger partial charge is 0.464 e.